The summed E-state index contributed by atoms with van der Waals surface area (Å²) in [6, 6.07) is 0. The Hall–Kier alpha value is -0.880. The van der Waals surface area contributed by atoms with Gasteiger partial charge in [-0.1, -0.05) is 0 Å². The van der Waals surface area contributed by atoms with Gasteiger partial charge in [0.1, 0.15) is 12.1 Å². The smallest absolute Gasteiger partial charge is 0.151 e. The summed E-state index contributed by atoms with van der Waals surface area (Å²) < 4.78 is 25.3. The van der Waals surface area contributed by atoms with Gasteiger partial charge in [-0.2, -0.15) is 0 Å². The number of sulfone groups is 1. The molecule has 0 bridgehead atoms. The average molecular weight is 270 g/mol. The fourth-order valence-electron chi connectivity index (χ4n) is 3.06. The van der Waals surface area contributed by atoms with E-state index in [9.17, 15) is 13.5 Å². The van der Waals surface area contributed by atoms with Crippen molar-refractivity contribution in [3.05, 3.63) is 17.7 Å². The van der Waals surface area contributed by atoms with Crippen LogP contribution in [0.25, 0.3) is 0 Å². The van der Waals surface area contributed by atoms with Gasteiger partial charge in [0.25, 0.3) is 0 Å². The van der Waals surface area contributed by atoms with E-state index in [2.05, 4.69) is 4.98 Å². The summed E-state index contributed by atoms with van der Waals surface area (Å²) >= 11 is 0. The highest BCUT2D eigenvalue weighted by Gasteiger charge is 2.31. The molecule has 1 fully saturated rings. The van der Waals surface area contributed by atoms with Crippen molar-refractivity contribution in [3.63, 3.8) is 0 Å². The van der Waals surface area contributed by atoms with Gasteiger partial charge in [0.05, 0.1) is 11.5 Å². The molecular formula is C12H18N2O3S. The first-order valence-corrected chi connectivity index (χ1v) is 8.33. The van der Waals surface area contributed by atoms with Gasteiger partial charge in [-0.15, -0.1) is 0 Å². The van der Waals surface area contributed by atoms with Gasteiger partial charge in [-0.3, -0.25) is 0 Å². The zero-order valence-electron chi connectivity index (χ0n) is 10.2. The SMILES string of the molecule is O=S1(=O)CCCC(c2ncc3n2C(O)CCC3)C1. The molecule has 1 saturated heterocycles. The minimum Gasteiger partial charge on any atom is -0.373 e. The highest BCUT2D eigenvalue weighted by molar-refractivity contribution is 7.91. The van der Waals surface area contributed by atoms with Gasteiger partial charge in [0.15, 0.2) is 9.84 Å². The normalized spacial score (nSPS) is 30.9. The minimum absolute atomic E-state index is 0.0507. The molecule has 18 heavy (non-hydrogen) atoms. The molecule has 0 radical (unpaired) electrons. The Morgan fingerprint density at radius 2 is 2.17 bits per heavy atom. The van der Waals surface area contributed by atoms with E-state index >= 15 is 0 Å². The molecule has 0 spiro atoms. The quantitative estimate of drug-likeness (QED) is 0.826. The van der Waals surface area contributed by atoms with Crippen LogP contribution in [0.5, 0.6) is 0 Å². The number of nitrogens with zero attached hydrogens (tertiary/aromatic N) is 2. The van der Waals surface area contributed by atoms with Crippen molar-refractivity contribution in [2.75, 3.05) is 11.5 Å². The molecule has 0 aromatic carbocycles. The molecule has 0 aliphatic carbocycles. The van der Waals surface area contributed by atoms with Gasteiger partial charge >= 0.3 is 0 Å². The molecule has 1 aromatic rings. The number of imidazole rings is 1. The van der Waals surface area contributed by atoms with Crippen LogP contribution in [0, 0.1) is 0 Å². The minimum atomic E-state index is -2.94. The Balaban J connectivity index is 1.95. The van der Waals surface area contributed by atoms with Crippen LogP contribution in [0.3, 0.4) is 0 Å². The molecule has 1 aromatic heterocycles. The van der Waals surface area contributed by atoms with E-state index in [4.69, 9.17) is 0 Å². The largest absolute Gasteiger partial charge is 0.373 e. The fourth-order valence-corrected chi connectivity index (χ4v) is 4.77. The molecule has 1 N–H and O–H groups in total. The number of aliphatic hydroxyl groups excluding tert-OH is 1. The number of rotatable bonds is 1. The Morgan fingerprint density at radius 3 is 2.94 bits per heavy atom. The molecule has 3 heterocycles. The predicted octanol–water partition coefficient (Wildman–Crippen LogP) is 1.00. The second kappa shape index (κ2) is 4.35. The second-order valence-electron chi connectivity index (χ2n) is 5.30. The lowest BCUT2D eigenvalue weighted by Gasteiger charge is -2.27. The Morgan fingerprint density at radius 1 is 1.33 bits per heavy atom. The van der Waals surface area contributed by atoms with E-state index < -0.39 is 16.1 Å². The summed E-state index contributed by atoms with van der Waals surface area (Å²) in [5, 5.41) is 10.1. The third kappa shape index (κ3) is 2.07. The van der Waals surface area contributed by atoms with Crippen LogP contribution >= 0.6 is 0 Å². The standard InChI is InChI=1S/C12H18N2O3S/c15-11-5-1-4-10-7-13-12(14(10)11)9-3-2-6-18(16,17)8-9/h7,9,11,15H,1-6,8H2. The first kappa shape index (κ1) is 12.2. The zero-order valence-corrected chi connectivity index (χ0v) is 11.1. The number of aromatic nitrogens is 2. The van der Waals surface area contributed by atoms with Crippen molar-refractivity contribution in [2.45, 2.75) is 44.2 Å². The summed E-state index contributed by atoms with van der Waals surface area (Å²) in [7, 11) is -2.94. The van der Waals surface area contributed by atoms with Gasteiger partial charge in [-0.05, 0) is 32.1 Å². The van der Waals surface area contributed by atoms with Crippen LogP contribution in [0.2, 0.25) is 0 Å². The first-order valence-electron chi connectivity index (χ1n) is 6.51. The number of hydrogen-bond donors (Lipinski definition) is 1. The average Bonchev–Trinajstić information content (AvgIpc) is 2.73. The van der Waals surface area contributed by atoms with E-state index in [1.54, 1.807) is 6.20 Å². The number of hydrogen-bond acceptors (Lipinski definition) is 4. The highest BCUT2D eigenvalue weighted by Crippen LogP contribution is 2.32. The van der Waals surface area contributed by atoms with E-state index in [-0.39, 0.29) is 11.7 Å². The molecule has 2 aliphatic rings. The summed E-state index contributed by atoms with van der Waals surface area (Å²) in [4.78, 5) is 4.38. The summed E-state index contributed by atoms with van der Waals surface area (Å²) in [6.07, 6.45) is 5.43. The van der Waals surface area contributed by atoms with Crippen molar-refractivity contribution < 1.29 is 13.5 Å². The maximum Gasteiger partial charge on any atom is 0.151 e. The third-order valence-electron chi connectivity index (χ3n) is 3.92. The second-order valence-corrected chi connectivity index (χ2v) is 7.53. The van der Waals surface area contributed by atoms with Crippen molar-refractivity contribution in [1.29, 1.82) is 0 Å². The van der Waals surface area contributed by atoms with Gasteiger partial charge in [0, 0.05) is 17.8 Å². The van der Waals surface area contributed by atoms with Crippen LogP contribution in [0.1, 0.15) is 49.3 Å². The van der Waals surface area contributed by atoms with E-state index in [1.807, 2.05) is 4.57 Å². The van der Waals surface area contributed by atoms with E-state index in [0.717, 1.165) is 37.2 Å². The maximum atomic E-state index is 11.7. The number of aryl methyl sites for hydroxylation is 1. The number of aliphatic hydroxyl groups is 1. The molecule has 6 heteroatoms. The highest BCUT2D eigenvalue weighted by atomic mass is 32.2. The summed E-state index contributed by atoms with van der Waals surface area (Å²) in [5.41, 5.74) is 1.03. The van der Waals surface area contributed by atoms with Crippen LogP contribution in [-0.2, 0) is 16.3 Å². The van der Waals surface area contributed by atoms with E-state index in [1.165, 1.54) is 0 Å². The Labute approximate surface area is 107 Å². The van der Waals surface area contributed by atoms with Crippen molar-refractivity contribution >= 4 is 9.84 Å². The predicted molar refractivity (Wildman–Crippen MR) is 67.0 cm³/mol. The van der Waals surface area contributed by atoms with Crippen LogP contribution < -0.4 is 0 Å². The molecule has 2 atom stereocenters. The fraction of sp³-hybridized carbons (Fsp3) is 0.750. The maximum absolute atomic E-state index is 11.7. The lowest BCUT2D eigenvalue weighted by molar-refractivity contribution is 0.0746. The topological polar surface area (TPSA) is 72.2 Å². The monoisotopic (exact) mass is 270 g/mol. The first-order chi connectivity index (χ1) is 8.57. The number of fused-ring (bicyclic) bond motifs is 1. The van der Waals surface area contributed by atoms with Gasteiger partial charge in [0.2, 0.25) is 0 Å². The Bertz CT molecular complexity index is 550. The molecule has 100 valence electrons. The molecule has 2 aliphatic heterocycles. The molecular weight excluding hydrogens is 252 g/mol. The van der Waals surface area contributed by atoms with Crippen LogP contribution in [-0.4, -0.2) is 34.6 Å². The summed E-state index contributed by atoms with van der Waals surface area (Å²) in [6.45, 7) is 0. The zero-order chi connectivity index (χ0) is 12.8. The van der Waals surface area contributed by atoms with Crippen LogP contribution in [0.15, 0.2) is 6.20 Å². The van der Waals surface area contributed by atoms with Gasteiger partial charge < -0.3 is 9.67 Å². The molecule has 3 rings (SSSR count). The van der Waals surface area contributed by atoms with Crippen molar-refractivity contribution in [1.82, 2.24) is 9.55 Å². The molecule has 5 nitrogen and oxygen atoms in total. The summed E-state index contributed by atoms with van der Waals surface area (Å²) in [5.74, 6) is 1.18. The third-order valence-corrected chi connectivity index (χ3v) is 5.74. The molecule has 2 unspecified atom stereocenters. The molecule has 0 amide bonds. The van der Waals surface area contributed by atoms with E-state index in [0.29, 0.717) is 12.2 Å². The molecule has 0 saturated carbocycles. The van der Waals surface area contributed by atoms with Gasteiger partial charge in [-0.25, -0.2) is 13.4 Å². The van der Waals surface area contributed by atoms with Crippen molar-refractivity contribution in [3.8, 4) is 0 Å². The lowest BCUT2D eigenvalue weighted by atomic mass is 10.0. The van der Waals surface area contributed by atoms with Crippen LogP contribution in [0.4, 0.5) is 0 Å². The van der Waals surface area contributed by atoms with Crippen molar-refractivity contribution in [2.24, 2.45) is 0 Å². The lowest BCUT2D eigenvalue weighted by Crippen LogP contribution is -2.28. The Kier molecular flexibility index (Phi) is 2.94.